The third-order valence-electron chi connectivity index (χ3n) is 4.74. The monoisotopic (exact) mass is 386 g/mol. The zero-order valence-electron chi connectivity index (χ0n) is 16.4. The van der Waals surface area contributed by atoms with Crippen LogP contribution in [-0.2, 0) is 0 Å². The quantitative estimate of drug-likeness (QED) is 0.730. The first-order chi connectivity index (χ1) is 13.5. The lowest BCUT2D eigenvalue weighted by molar-refractivity contribution is 0.0947. The van der Waals surface area contributed by atoms with E-state index in [4.69, 9.17) is 0 Å². The Morgan fingerprint density at radius 3 is 2.46 bits per heavy atom. The number of rotatable bonds is 7. The van der Waals surface area contributed by atoms with Crippen molar-refractivity contribution in [2.24, 2.45) is 0 Å². The lowest BCUT2D eigenvalue weighted by atomic mass is 10.2. The number of nitrogens with one attached hydrogen (secondary N) is 1. The minimum absolute atomic E-state index is 0.198. The van der Waals surface area contributed by atoms with E-state index in [1.807, 2.05) is 25.1 Å². The van der Waals surface area contributed by atoms with Gasteiger partial charge >= 0.3 is 0 Å². The summed E-state index contributed by atoms with van der Waals surface area (Å²) in [5, 5.41) is 2.86. The lowest BCUT2D eigenvalue weighted by Crippen LogP contribution is -2.47. The average Bonchev–Trinajstić information content (AvgIpc) is 2.71. The number of nitrogens with zero attached hydrogens (tertiary/aromatic N) is 5. The normalized spacial score (nSPS) is 14.4. The highest BCUT2D eigenvalue weighted by molar-refractivity contribution is 5.91. The molecular weight excluding hydrogens is 359 g/mol. The number of para-hydroxylation sites is 1. The van der Waals surface area contributed by atoms with Crippen LogP contribution in [0.5, 0.6) is 0 Å². The molecule has 1 N–H and O–H groups in total. The van der Waals surface area contributed by atoms with E-state index in [9.17, 15) is 9.18 Å². The summed E-state index contributed by atoms with van der Waals surface area (Å²) >= 11 is 0. The van der Waals surface area contributed by atoms with Gasteiger partial charge in [0.1, 0.15) is 17.3 Å². The molecule has 1 amide bonds. The summed E-state index contributed by atoms with van der Waals surface area (Å²) in [6.45, 7) is 4.38. The molecule has 0 atom stereocenters. The molecule has 1 fully saturated rings. The molecule has 1 aliphatic heterocycles. The molecule has 8 heteroatoms. The van der Waals surface area contributed by atoms with Gasteiger partial charge in [-0.3, -0.25) is 4.79 Å². The van der Waals surface area contributed by atoms with Gasteiger partial charge in [0, 0.05) is 32.7 Å². The first kappa shape index (κ1) is 20.0. The second-order valence-corrected chi connectivity index (χ2v) is 7.10. The molecule has 0 radical (unpaired) electrons. The first-order valence-corrected chi connectivity index (χ1v) is 9.54. The Kier molecular flexibility index (Phi) is 6.76. The molecule has 1 saturated heterocycles. The average molecular weight is 386 g/mol. The second kappa shape index (κ2) is 9.45. The minimum atomic E-state index is -0.206. The van der Waals surface area contributed by atoms with E-state index >= 15 is 0 Å². The topological polar surface area (TPSA) is 64.6 Å². The zero-order chi connectivity index (χ0) is 19.9. The van der Waals surface area contributed by atoms with Crippen LogP contribution in [0.3, 0.4) is 0 Å². The Balaban J connectivity index is 1.50. The Bertz CT molecular complexity index is 775. The van der Waals surface area contributed by atoms with Crippen LogP contribution in [0, 0.1) is 5.82 Å². The van der Waals surface area contributed by atoms with Crippen LogP contribution >= 0.6 is 0 Å². The largest absolute Gasteiger partial charge is 0.366 e. The maximum absolute atomic E-state index is 13.9. The van der Waals surface area contributed by atoms with Crippen molar-refractivity contribution in [3.63, 3.8) is 0 Å². The molecule has 1 aromatic heterocycles. The molecule has 2 aromatic rings. The number of carbonyl (C=O) groups excluding carboxylic acids is 1. The fraction of sp³-hybridized carbons (Fsp3) is 0.450. The van der Waals surface area contributed by atoms with Gasteiger partial charge in [0.15, 0.2) is 0 Å². The summed E-state index contributed by atoms with van der Waals surface area (Å²) in [7, 11) is 4.00. The van der Waals surface area contributed by atoms with Crippen LogP contribution in [0.25, 0.3) is 0 Å². The van der Waals surface area contributed by atoms with Gasteiger partial charge in [0.05, 0.1) is 18.1 Å². The van der Waals surface area contributed by atoms with Gasteiger partial charge in [-0.05, 0) is 39.2 Å². The van der Waals surface area contributed by atoms with E-state index in [-0.39, 0.29) is 11.7 Å². The molecule has 7 nitrogen and oxygen atoms in total. The van der Waals surface area contributed by atoms with E-state index in [0.717, 1.165) is 31.9 Å². The summed E-state index contributed by atoms with van der Waals surface area (Å²) in [5.74, 6) is 0.330. The van der Waals surface area contributed by atoms with Crippen molar-refractivity contribution >= 4 is 17.4 Å². The van der Waals surface area contributed by atoms with Crippen molar-refractivity contribution in [2.75, 3.05) is 63.2 Å². The highest BCUT2D eigenvalue weighted by atomic mass is 19.1. The fourth-order valence-electron chi connectivity index (χ4n) is 3.17. The summed E-state index contributed by atoms with van der Waals surface area (Å²) in [4.78, 5) is 27.0. The third-order valence-corrected chi connectivity index (χ3v) is 4.74. The van der Waals surface area contributed by atoms with Crippen molar-refractivity contribution < 1.29 is 9.18 Å². The molecule has 2 heterocycles. The van der Waals surface area contributed by atoms with Crippen LogP contribution < -0.4 is 15.1 Å². The summed E-state index contributed by atoms with van der Waals surface area (Å²) < 4.78 is 13.9. The van der Waals surface area contributed by atoms with Gasteiger partial charge in [-0.15, -0.1) is 0 Å². The molecule has 3 rings (SSSR count). The van der Waals surface area contributed by atoms with E-state index in [2.05, 4.69) is 25.1 Å². The zero-order valence-corrected chi connectivity index (χ0v) is 16.4. The molecule has 150 valence electrons. The fourth-order valence-corrected chi connectivity index (χ4v) is 3.17. The number of anilines is 2. The Morgan fingerprint density at radius 1 is 1.11 bits per heavy atom. The molecule has 0 spiro atoms. The van der Waals surface area contributed by atoms with E-state index in [1.54, 1.807) is 18.3 Å². The number of halogens is 1. The predicted molar refractivity (Wildman–Crippen MR) is 108 cm³/mol. The lowest BCUT2D eigenvalue weighted by Gasteiger charge is -2.36. The molecule has 1 aromatic carbocycles. The number of aromatic nitrogens is 2. The number of hydrogen-bond donors (Lipinski definition) is 1. The van der Waals surface area contributed by atoms with E-state index in [1.165, 1.54) is 12.3 Å². The molecule has 0 aliphatic carbocycles. The molecule has 28 heavy (non-hydrogen) atoms. The summed E-state index contributed by atoms with van der Waals surface area (Å²) in [6, 6.07) is 6.83. The SMILES string of the molecule is CN(C)CCCNC(=O)c1cnc(N2CCN(c3ccccc3F)CC2)cn1. The van der Waals surface area contributed by atoms with Crippen molar-refractivity contribution in [1.82, 2.24) is 20.2 Å². The molecule has 0 bridgehead atoms. The Morgan fingerprint density at radius 2 is 1.82 bits per heavy atom. The molecule has 0 saturated carbocycles. The van der Waals surface area contributed by atoms with Crippen LogP contribution in [0.1, 0.15) is 16.9 Å². The van der Waals surface area contributed by atoms with Gasteiger partial charge < -0.3 is 20.0 Å². The first-order valence-electron chi connectivity index (χ1n) is 9.54. The van der Waals surface area contributed by atoms with E-state index in [0.29, 0.717) is 31.0 Å². The van der Waals surface area contributed by atoms with Crippen molar-refractivity contribution in [3.05, 3.63) is 48.2 Å². The van der Waals surface area contributed by atoms with Crippen LogP contribution in [0.2, 0.25) is 0 Å². The van der Waals surface area contributed by atoms with E-state index < -0.39 is 0 Å². The van der Waals surface area contributed by atoms with Crippen LogP contribution in [-0.4, -0.2) is 74.1 Å². The molecular formula is C20H27FN6O. The predicted octanol–water partition coefficient (Wildman–Crippen LogP) is 1.62. The minimum Gasteiger partial charge on any atom is -0.366 e. The summed E-state index contributed by atoms with van der Waals surface area (Å²) in [5.41, 5.74) is 0.952. The Labute approximate surface area is 165 Å². The van der Waals surface area contributed by atoms with Crippen LogP contribution in [0.4, 0.5) is 15.9 Å². The van der Waals surface area contributed by atoms with Gasteiger partial charge in [-0.2, -0.15) is 0 Å². The maximum atomic E-state index is 13.9. The van der Waals surface area contributed by atoms with Gasteiger partial charge in [-0.25, -0.2) is 14.4 Å². The standard InChI is InChI=1S/C20H27FN6O/c1-25(2)9-5-8-22-20(28)17-14-24-19(15-23-17)27-12-10-26(11-13-27)18-7-4-3-6-16(18)21/h3-4,6-7,14-15H,5,8-13H2,1-2H3,(H,22,28). The van der Waals surface area contributed by atoms with Crippen LogP contribution in [0.15, 0.2) is 36.7 Å². The van der Waals surface area contributed by atoms with Gasteiger partial charge in [0.25, 0.3) is 5.91 Å². The van der Waals surface area contributed by atoms with Crippen molar-refractivity contribution in [3.8, 4) is 0 Å². The maximum Gasteiger partial charge on any atom is 0.271 e. The van der Waals surface area contributed by atoms with Gasteiger partial charge in [0.2, 0.25) is 0 Å². The third kappa shape index (κ3) is 5.16. The highest BCUT2D eigenvalue weighted by Gasteiger charge is 2.20. The van der Waals surface area contributed by atoms with Crippen molar-refractivity contribution in [1.29, 1.82) is 0 Å². The number of hydrogen-bond acceptors (Lipinski definition) is 6. The number of carbonyl (C=O) groups is 1. The number of amides is 1. The summed E-state index contributed by atoms with van der Waals surface area (Å²) in [6.07, 6.45) is 4.03. The Hall–Kier alpha value is -2.74. The number of piperazine rings is 1. The molecule has 1 aliphatic rings. The highest BCUT2D eigenvalue weighted by Crippen LogP contribution is 2.21. The number of benzene rings is 1. The molecule has 0 unspecified atom stereocenters. The second-order valence-electron chi connectivity index (χ2n) is 7.10. The smallest absolute Gasteiger partial charge is 0.271 e. The van der Waals surface area contributed by atoms with Crippen molar-refractivity contribution in [2.45, 2.75) is 6.42 Å². The van der Waals surface area contributed by atoms with Gasteiger partial charge in [-0.1, -0.05) is 12.1 Å².